The molecular formula is C16H16ClF2N3O. The largest absolute Gasteiger partial charge is 0.324 e. The zero-order chi connectivity index (χ0) is 16.6. The molecular weight excluding hydrogens is 324 g/mol. The molecule has 1 aromatic carbocycles. The number of hydrogen-bond donors (Lipinski definition) is 1. The van der Waals surface area contributed by atoms with Gasteiger partial charge in [0.1, 0.15) is 5.82 Å². The number of nitrogens with zero attached hydrogens (tertiary/aromatic N) is 2. The third-order valence-corrected chi connectivity index (χ3v) is 5.24. The predicted molar refractivity (Wildman–Crippen MR) is 84.1 cm³/mol. The first kappa shape index (κ1) is 15.0. The monoisotopic (exact) mass is 339 g/mol. The van der Waals surface area contributed by atoms with Crippen molar-refractivity contribution in [1.29, 1.82) is 0 Å². The summed E-state index contributed by atoms with van der Waals surface area (Å²) in [6.45, 7) is 2.21. The smallest absolute Gasteiger partial charge is 0.261 e. The number of alkyl halides is 2. The summed E-state index contributed by atoms with van der Waals surface area (Å²) in [5.74, 6) is -2.18. The Morgan fingerprint density at radius 1 is 1.39 bits per heavy atom. The molecule has 1 fully saturated rings. The molecule has 0 radical (unpaired) electrons. The van der Waals surface area contributed by atoms with Gasteiger partial charge < -0.3 is 5.73 Å². The van der Waals surface area contributed by atoms with Crippen LogP contribution in [0.1, 0.15) is 43.6 Å². The zero-order valence-electron chi connectivity index (χ0n) is 12.6. The van der Waals surface area contributed by atoms with Gasteiger partial charge in [0, 0.05) is 35.9 Å². The van der Waals surface area contributed by atoms with E-state index < -0.39 is 11.3 Å². The molecule has 1 aliphatic carbocycles. The third kappa shape index (κ3) is 2.04. The van der Waals surface area contributed by atoms with Crippen molar-refractivity contribution in [2.24, 2.45) is 5.73 Å². The van der Waals surface area contributed by atoms with Crippen molar-refractivity contribution in [1.82, 2.24) is 9.55 Å². The van der Waals surface area contributed by atoms with E-state index in [1.807, 2.05) is 0 Å². The van der Waals surface area contributed by atoms with Crippen molar-refractivity contribution in [3.8, 4) is 0 Å². The van der Waals surface area contributed by atoms with Crippen molar-refractivity contribution < 1.29 is 8.78 Å². The average molecular weight is 340 g/mol. The number of benzene rings is 1. The fourth-order valence-corrected chi connectivity index (χ4v) is 4.21. The first-order chi connectivity index (χ1) is 10.7. The molecule has 1 aliphatic heterocycles. The van der Waals surface area contributed by atoms with Crippen molar-refractivity contribution in [2.45, 2.75) is 50.1 Å². The Labute approximate surface area is 136 Å². The molecule has 1 atom stereocenters. The lowest BCUT2D eigenvalue weighted by atomic mass is 9.65. The molecule has 2 aliphatic rings. The van der Waals surface area contributed by atoms with Crippen LogP contribution >= 0.6 is 11.6 Å². The molecule has 0 saturated heterocycles. The van der Waals surface area contributed by atoms with Gasteiger partial charge in [-0.15, -0.1) is 0 Å². The van der Waals surface area contributed by atoms with Gasteiger partial charge in [-0.3, -0.25) is 9.36 Å². The van der Waals surface area contributed by atoms with Gasteiger partial charge in [-0.05, 0) is 31.0 Å². The van der Waals surface area contributed by atoms with Gasteiger partial charge in [0.15, 0.2) is 0 Å². The minimum atomic E-state index is -2.66. The summed E-state index contributed by atoms with van der Waals surface area (Å²) >= 11 is 6.09. The van der Waals surface area contributed by atoms with Gasteiger partial charge >= 0.3 is 0 Å². The van der Waals surface area contributed by atoms with Crippen LogP contribution in [0.15, 0.2) is 16.9 Å². The molecule has 122 valence electrons. The Hall–Kier alpha value is -1.53. The summed E-state index contributed by atoms with van der Waals surface area (Å²) in [7, 11) is 0. The van der Waals surface area contributed by atoms with Crippen LogP contribution in [0.2, 0.25) is 5.02 Å². The molecule has 1 saturated carbocycles. The Bertz CT molecular complexity index is 883. The van der Waals surface area contributed by atoms with Gasteiger partial charge in [0.25, 0.3) is 5.56 Å². The third-order valence-electron chi connectivity index (χ3n) is 5.03. The molecule has 2 N–H and O–H groups in total. The molecule has 0 amide bonds. The van der Waals surface area contributed by atoms with Crippen LogP contribution in [0.3, 0.4) is 0 Å². The van der Waals surface area contributed by atoms with Crippen LogP contribution in [0.4, 0.5) is 8.78 Å². The highest BCUT2D eigenvalue weighted by molar-refractivity contribution is 6.31. The average Bonchev–Trinajstić information content (AvgIpc) is 2.77. The molecule has 7 heteroatoms. The van der Waals surface area contributed by atoms with Crippen LogP contribution in [0, 0.1) is 0 Å². The van der Waals surface area contributed by atoms with Gasteiger partial charge in [-0.2, -0.15) is 0 Å². The fourth-order valence-electron chi connectivity index (χ4n) is 3.99. The first-order valence-corrected chi connectivity index (χ1v) is 7.98. The Kier molecular flexibility index (Phi) is 2.95. The highest BCUT2D eigenvalue weighted by Gasteiger charge is 2.61. The molecule has 2 heterocycles. The van der Waals surface area contributed by atoms with E-state index in [1.165, 1.54) is 4.57 Å². The van der Waals surface area contributed by atoms with E-state index in [-0.39, 0.29) is 24.4 Å². The molecule has 0 unspecified atom stereocenters. The molecule has 1 aromatic heterocycles. The predicted octanol–water partition coefficient (Wildman–Crippen LogP) is 3.14. The SMILES string of the molecule is C[C@@H](N)c1cc(Cl)cc2c(=O)n3c(nc12)C1(CC3)CC(F)(F)C1. The first-order valence-electron chi connectivity index (χ1n) is 7.60. The molecule has 2 aromatic rings. The summed E-state index contributed by atoms with van der Waals surface area (Å²) < 4.78 is 28.4. The Balaban J connectivity index is 2.00. The highest BCUT2D eigenvalue weighted by atomic mass is 35.5. The fraction of sp³-hybridized carbons (Fsp3) is 0.500. The number of halogens is 3. The summed E-state index contributed by atoms with van der Waals surface area (Å²) in [5, 5.41) is 0.823. The number of fused-ring (bicyclic) bond motifs is 3. The minimum absolute atomic E-state index is 0.221. The van der Waals surface area contributed by atoms with E-state index in [9.17, 15) is 13.6 Å². The summed E-state index contributed by atoms with van der Waals surface area (Å²) in [5.41, 5.74) is 6.23. The van der Waals surface area contributed by atoms with E-state index in [2.05, 4.69) is 4.98 Å². The molecule has 4 rings (SSSR count). The number of nitrogens with two attached hydrogens (primary N) is 1. The second-order valence-electron chi connectivity index (χ2n) is 6.81. The minimum Gasteiger partial charge on any atom is -0.324 e. The van der Waals surface area contributed by atoms with Crippen molar-refractivity contribution in [3.63, 3.8) is 0 Å². The van der Waals surface area contributed by atoms with Crippen LogP contribution in [-0.4, -0.2) is 15.5 Å². The maximum Gasteiger partial charge on any atom is 0.261 e. The zero-order valence-corrected chi connectivity index (χ0v) is 13.3. The van der Waals surface area contributed by atoms with Crippen LogP contribution in [0.25, 0.3) is 10.9 Å². The quantitative estimate of drug-likeness (QED) is 0.868. The van der Waals surface area contributed by atoms with Gasteiger partial charge in [-0.1, -0.05) is 11.6 Å². The molecule has 0 bridgehead atoms. The maximum absolute atomic E-state index is 13.5. The molecule has 23 heavy (non-hydrogen) atoms. The highest BCUT2D eigenvalue weighted by Crippen LogP contribution is 2.57. The van der Waals surface area contributed by atoms with Crippen molar-refractivity contribution in [3.05, 3.63) is 38.9 Å². The summed E-state index contributed by atoms with van der Waals surface area (Å²) in [4.78, 5) is 17.4. The number of rotatable bonds is 1. The summed E-state index contributed by atoms with van der Waals surface area (Å²) in [6, 6.07) is 2.91. The van der Waals surface area contributed by atoms with E-state index >= 15 is 0 Å². The Morgan fingerprint density at radius 2 is 2.09 bits per heavy atom. The van der Waals surface area contributed by atoms with Gasteiger partial charge in [0.2, 0.25) is 5.92 Å². The van der Waals surface area contributed by atoms with E-state index in [4.69, 9.17) is 17.3 Å². The summed E-state index contributed by atoms with van der Waals surface area (Å²) in [6.07, 6.45) is 0.0560. The Morgan fingerprint density at radius 3 is 2.70 bits per heavy atom. The normalized spacial score (nSPS) is 22.1. The van der Waals surface area contributed by atoms with Crippen molar-refractivity contribution in [2.75, 3.05) is 0 Å². The van der Waals surface area contributed by atoms with Gasteiger partial charge in [-0.25, -0.2) is 13.8 Å². The molecule has 1 spiro atoms. The van der Waals surface area contributed by atoms with Gasteiger partial charge in [0.05, 0.1) is 10.9 Å². The lowest BCUT2D eigenvalue weighted by molar-refractivity contribution is -0.127. The van der Waals surface area contributed by atoms with Crippen molar-refractivity contribution >= 4 is 22.5 Å². The van der Waals surface area contributed by atoms with E-state index in [0.717, 1.165) is 0 Å². The maximum atomic E-state index is 13.5. The van der Waals surface area contributed by atoms with E-state index in [1.54, 1.807) is 19.1 Å². The second-order valence-corrected chi connectivity index (χ2v) is 7.25. The number of hydrogen-bond acceptors (Lipinski definition) is 3. The van der Waals surface area contributed by atoms with Crippen LogP contribution in [-0.2, 0) is 12.0 Å². The number of aromatic nitrogens is 2. The lowest BCUT2D eigenvalue weighted by Crippen LogP contribution is -2.49. The lowest BCUT2D eigenvalue weighted by Gasteiger charge is -2.43. The second kappa shape index (κ2) is 4.51. The van der Waals surface area contributed by atoms with E-state index in [0.29, 0.717) is 40.3 Å². The topological polar surface area (TPSA) is 60.9 Å². The van der Waals surface area contributed by atoms with Crippen LogP contribution in [0.5, 0.6) is 0 Å². The standard InChI is InChI=1S/C16H16ClF2N3O/c1-8(20)10-4-9(17)5-11-12(10)21-14-15(6-16(18,19)7-15)2-3-22(14)13(11)23/h4-5,8H,2-3,6-7,20H2,1H3/t8-/m1/s1. The molecule has 4 nitrogen and oxygen atoms in total. The van der Waals surface area contributed by atoms with Crippen LogP contribution < -0.4 is 11.3 Å².